The molecule has 0 amide bonds. The van der Waals surface area contributed by atoms with E-state index in [-0.39, 0.29) is 18.8 Å². The normalized spacial score (nSPS) is 21.1. The summed E-state index contributed by atoms with van der Waals surface area (Å²) in [6.07, 6.45) is 1.23. The number of hydrogen-bond donors (Lipinski definition) is 0. The van der Waals surface area contributed by atoms with Gasteiger partial charge in [-0.2, -0.15) is 13.2 Å². The Bertz CT molecular complexity index is 883. The van der Waals surface area contributed by atoms with Gasteiger partial charge in [-0.15, -0.1) is 6.04 Å². The van der Waals surface area contributed by atoms with Gasteiger partial charge in [0, 0.05) is 10.7 Å². The van der Waals surface area contributed by atoms with Crippen molar-refractivity contribution in [3.05, 3.63) is 33.1 Å². The molecule has 1 fully saturated rings. The molecule has 0 unspecified atom stereocenters. The molecule has 0 atom stereocenters. The van der Waals surface area contributed by atoms with Crippen LogP contribution in [0.3, 0.4) is 0 Å². The number of alkyl halides is 3. The van der Waals surface area contributed by atoms with E-state index in [4.69, 9.17) is 4.74 Å². The Labute approximate surface area is 208 Å². The van der Waals surface area contributed by atoms with Crippen molar-refractivity contribution in [3.63, 3.8) is 0 Å². The Morgan fingerprint density at radius 2 is 1.66 bits per heavy atom. The van der Waals surface area contributed by atoms with Crippen LogP contribution in [0.15, 0.2) is 12.1 Å². The van der Waals surface area contributed by atoms with Crippen molar-refractivity contribution < 1.29 is 31.1 Å². The number of esters is 1. The number of carbonyl (C=O) groups is 1. The van der Waals surface area contributed by atoms with Crippen molar-refractivity contribution in [2.24, 2.45) is 5.92 Å². The molecule has 0 aliphatic heterocycles. The van der Waals surface area contributed by atoms with Crippen LogP contribution in [0.4, 0.5) is 13.2 Å². The average molecular weight is 770 g/mol. The van der Waals surface area contributed by atoms with E-state index >= 15 is 0 Å². The van der Waals surface area contributed by atoms with Gasteiger partial charge in [0.1, 0.15) is 5.60 Å². The third-order valence-corrected chi connectivity index (χ3v) is 9.66. The molecule has 0 N–H and O–H groups in total. The molecule has 29 heavy (non-hydrogen) atoms. The molecule has 1 aromatic carbocycles. The number of carbonyl (C=O) groups excluding carboxylic acids is 1. The van der Waals surface area contributed by atoms with Crippen LogP contribution in [-0.4, -0.2) is 31.5 Å². The van der Waals surface area contributed by atoms with Crippen LogP contribution < -0.4 is 0 Å². The number of halogens is 6. The first kappa shape index (κ1) is 25.8. The van der Waals surface area contributed by atoms with Gasteiger partial charge >= 0.3 is 11.5 Å². The van der Waals surface area contributed by atoms with E-state index < -0.39 is 33.1 Å². The van der Waals surface area contributed by atoms with Gasteiger partial charge in [0.15, 0.2) is 10.0 Å². The Balaban J connectivity index is 2.02. The monoisotopic (exact) mass is 770 g/mol. The van der Waals surface area contributed by atoms with Crippen LogP contribution in [0.25, 0.3) is 4.72 Å². The number of benzene rings is 1. The van der Waals surface area contributed by atoms with E-state index in [1.807, 2.05) is 6.07 Å². The average Bonchev–Trinajstić information content (AvgIpc) is 2.56. The standard InChI is InChI=1S/C17H18F3I3NO4S/c1-16(2,28-15(25)12-7-10(21)8-13(22)14(12)23)9-3-5-11(6-4-9)24-29(26,27)17(18,19)20/h7-9,11H,3-6H2,1-2H3/q-1. The highest BCUT2D eigenvalue weighted by molar-refractivity contribution is 14.1. The van der Waals surface area contributed by atoms with Gasteiger partial charge in [-0.1, -0.05) is 12.8 Å². The minimum atomic E-state index is -5.48. The maximum absolute atomic E-state index is 12.7. The smallest absolute Gasteiger partial charge is 0.480 e. The Morgan fingerprint density at radius 1 is 1.10 bits per heavy atom. The second-order valence-corrected chi connectivity index (χ2v) is 12.4. The van der Waals surface area contributed by atoms with Crippen molar-refractivity contribution in [1.29, 1.82) is 0 Å². The van der Waals surface area contributed by atoms with Crippen LogP contribution in [0, 0.1) is 16.6 Å². The Hall–Kier alpha value is 0.580. The van der Waals surface area contributed by atoms with Crippen LogP contribution >= 0.6 is 67.8 Å². The van der Waals surface area contributed by atoms with E-state index in [2.05, 4.69) is 72.5 Å². The molecule has 0 spiro atoms. The number of ether oxygens (including phenoxy) is 1. The third kappa shape index (κ3) is 6.54. The van der Waals surface area contributed by atoms with Gasteiger partial charge in [0.2, 0.25) is 0 Å². The van der Waals surface area contributed by atoms with E-state index in [1.165, 1.54) is 0 Å². The molecular weight excluding hydrogens is 752 g/mol. The molecule has 0 radical (unpaired) electrons. The highest BCUT2D eigenvalue weighted by atomic mass is 127. The third-order valence-electron chi connectivity index (χ3n) is 4.83. The summed E-state index contributed by atoms with van der Waals surface area (Å²) in [7, 11) is -5.48. The minimum Gasteiger partial charge on any atom is -0.538 e. The number of nitrogens with zero attached hydrogens (tertiary/aromatic N) is 1. The van der Waals surface area contributed by atoms with E-state index in [0.29, 0.717) is 18.4 Å². The highest BCUT2D eigenvalue weighted by Gasteiger charge is 2.41. The second kappa shape index (κ2) is 9.60. The summed E-state index contributed by atoms with van der Waals surface area (Å²) >= 11 is 6.36. The maximum atomic E-state index is 12.7. The summed E-state index contributed by atoms with van der Waals surface area (Å²) in [5.74, 6) is -0.562. The topological polar surface area (TPSA) is 74.5 Å². The number of rotatable bonds is 5. The van der Waals surface area contributed by atoms with Gasteiger partial charge in [-0.05, 0) is 113 Å². The molecule has 0 bridgehead atoms. The fraction of sp³-hybridized carbons (Fsp3) is 0.588. The lowest BCUT2D eigenvalue weighted by Crippen LogP contribution is -2.40. The Kier molecular flexibility index (Phi) is 8.56. The van der Waals surface area contributed by atoms with Crippen molar-refractivity contribution >= 4 is 83.8 Å². The summed E-state index contributed by atoms with van der Waals surface area (Å²) in [4.78, 5) is 12.7. The van der Waals surface area contributed by atoms with Gasteiger partial charge < -0.3 is 9.46 Å². The van der Waals surface area contributed by atoms with Gasteiger partial charge in [-0.3, -0.25) is 0 Å². The van der Waals surface area contributed by atoms with Crippen molar-refractivity contribution in [2.45, 2.75) is 56.7 Å². The van der Waals surface area contributed by atoms with Crippen LogP contribution in [0.1, 0.15) is 49.9 Å². The molecule has 1 saturated carbocycles. The fourth-order valence-electron chi connectivity index (χ4n) is 3.21. The molecule has 1 aromatic rings. The maximum Gasteiger partial charge on any atom is 0.480 e. The molecule has 1 aliphatic carbocycles. The van der Waals surface area contributed by atoms with Crippen molar-refractivity contribution in [2.75, 3.05) is 0 Å². The summed E-state index contributed by atoms with van der Waals surface area (Å²) in [6.45, 7) is 3.54. The molecule has 12 heteroatoms. The molecule has 164 valence electrons. The van der Waals surface area contributed by atoms with E-state index in [1.54, 1.807) is 19.9 Å². The van der Waals surface area contributed by atoms with Gasteiger partial charge in [0.05, 0.1) is 5.56 Å². The molecule has 0 saturated heterocycles. The van der Waals surface area contributed by atoms with Crippen LogP contribution in [0.2, 0.25) is 0 Å². The molecule has 5 nitrogen and oxygen atoms in total. The zero-order valence-electron chi connectivity index (χ0n) is 15.4. The van der Waals surface area contributed by atoms with Crippen LogP contribution in [-0.2, 0) is 14.8 Å². The van der Waals surface area contributed by atoms with Crippen molar-refractivity contribution in [1.82, 2.24) is 0 Å². The van der Waals surface area contributed by atoms with Crippen LogP contribution in [0.5, 0.6) is 0 Å². The molecule has 0 heterocycles. The first-order chi connectivity index (χ1) is 13.1. The molecule has 1 aliphatic rings. The summed E-state index contributed by atoms with van der Waals surface area (Å²) in [6, 6.07) is 2.80. The van der Waals surface area contributed by atoms with Gasteiger partial charge in [-0.25, -0.2) is 13.2 Å². The highest BCUT2D eigenvalue weighted by Crippen LogP contribution is 2.40. The lowest BCUT2D eigenvalue weighted by Gasteiger charge is -2.42. The summed E-state index contributed by atoms with van der Waals surface area (Å²) < 4.78 is 71.4. The number of sulfonamides is 1. The minimum absolute atomic E-state index is 0.106. The quantitative estimate of drug-likeness (QED) is 0.203. The predicted octanol–water partition coefficient (Wildman–Crippen LogP) is 6.22. The lowest BCUT2D eigenvalue weighted by atomic mass is 9.77. The fourth-order valence-corrected chi connectivity index (χ4v) is 6.31. The van der Waals surface area contributed by atoms with Gasteiger partial charge in [0.25, 0.3) is 0 Å². The zero-order chi connectivity index (χ0) is 22.2. The summed E-state index contributed by atoms with van der Waals surface area (Å²) in [5, 5.41) is 0. The zero-order valence-corrected chi connectivity index (χ0v) is 22.7. The molecular formula is C17H18F3I3NO4S-. The van der Waals surface area contributed by atoms with E-state index in [0.717, 1.165) is 10.7 Å². The SMILES string of the molecule is CC(C)(OC(=O)c1cc(I)cc(I)c1I)C1CCC([N-]S(=O)(=O)C(F)(F)F)CC1. The molecule has 2 rings (SSSR count). The predicted molar refractivity (Wildman–Crippen MR) is 128 cm³/mol. The van der Waals surface area contributed by atoms with Crippen molar-refractivity contribution in [3.8, 4) is 0 Å². The first-order valence-electron chi connectivity index (χ1n) is 8.55. The lowest BCUT2D eigenvalue weighted by molar-refractivity contribution is -0.0441. The molecule has 0 aromatic heterocycles. The second-order valence-electron chi connectivity index (χ2n) is 7.27. The largest absolute Gasteiger partial charge is 0.538 e. The summed E-state index contributed by atoms with van der Waals surface area (Å²) in [5.41, 5.74) is -5.75. The first-order valence-corrected chi connectivity index (χ1v) is 13.2. The number of hydrogen-bond acceptors (Lipinski definition) is 4. The van der Waals surface area contributed by atoms with E-state index in [9.17, 15) is 26.4 Å². The Morgan fingerprint density at radius 3 is 2.17 bits per heavy atom.